The number of amides is 1. The minimum atomic E-state index is -1.08. The number of methoxy groups -OCH3 is 2. The van der Waals surface area contributed by atoms with E-state index in [-0.39, 0.29) is 72.3 Å². The largest absolute Gasteiger partial charge is 0.493 e. The van der Waals surface area contributed by atoms with Crippen LogP contribution in [-0.4, -0.2) is 66.2 Å². The van der Waals surface area contributed by atoms with Crippen LogP contribution in [0.4, 0.5) is 4.39 Å². The number of carboxylic acid groups (broad SMARTS) is 2. The van der Waals surface area contributed by atoms with Crippen molar-refractivity contribution in [1.82, 2.24) is 4.90 Å². The van der Waals surface area contributed by atoms with Gasteiger partial charge in [-0.25, -0.2) is 4.39 Å². The van der Waals surface area contributed by atoms with Crippen molar-refractivity contribution in [3.63, 3.8) is 0 Å². The van der Waals surface area contributed by atoms with E-state index in [1.165, 1.54) is 20.3 Å². The van der Waals surface area contributed by atoms with Gasteiger partial charge in [-0.2, -0.15) is 0 Å². The molecule has 1 amide bonds. The summed E-state index contributed by atoms with van der Waals surface area (Å²) < 4.78 is 38.2. The number of carboxylic acids is 2. The van der Waals surface area contributed by atoms with Crippen molar-refractivity contribution < 1.29 is 52.7 Å². The summed E-state index contributed by atoms with van der Waals surface area (Å²) in [5.74, 6) is -2.39. The molecule has 1 aliphatic heterocycles. The molecule has 0 radical (unpaired) electrons. The smallest absolute Gasteiger partial charge is 0.303 e. The normalized spacial score (nSPS) is 12.2. The van der Waals surface area contributed by atoms with E-state index in [1.54, 1.807) is 23.1 Å². The maximum atomic E-state index is 15.4. The molecule has 2 aromatic carbocycles. The Hall–Kier alpha value is -4.39. The third-order valence-corrected chi connectivity index (χ3v) is 7.77. The van der Waals surface area contributed by atoms with Crippen LogP contribution in [0.25, 0.3) is 10.1 Å². The van der Waals surface area contributed by atoms with E-state index < -0.39 is 17.8 Å². The van der Waals surface area contributed by atoms with Crippen molar-refractivity contribution in [1.29, 1.82) is 0 Å². The quantitative estimate of drug-likeness (QED) is 0.186. The zero-order chi connectivity index (χ0) is 30.4. The molecule has 42 heavy (non-hydrogen) atoms. The number of rotatable bonds is 15. The fourth-order valence-electron chi connectivity index (χ4n) is 4.51. The van der Waals surface area contributed by atoms with Crippen molar-refractivity contribution in [2.24, 2.45) is 0 Å². The predicted octanol–water partition coefficient (Wildman–Crippen LogP) is 4.66. The van der Waals surface area contributed by atoms with E-state index in [1.807, 2.05) is 0 Å². The van der Waals surface area contributed by atoms with Gasteiger partial charge in [0.15, 0.2) is 34.6 Å². The van der Waals surface area contributed by atoms with Gasteiger partial charge in [-0.1, -0.05) is 0 Å². The highest BCUT2D eigenvalue weighted by molar-refractivity contribution is 7.20. The summed E-state index contributed by atoms with van der Waals surface area (Å²) in [6.07, 6.45) is -0.400. The number of carbonyl (C=O) groups excluding carboxylic acids is 2. The summed E-state index contributed by atoms with van der Waals surface area (Å²) in [5, 5.41) is 17.8. The molecule has 224 valence electrons. The molecule has 1 aliphatic rings. The zero-order valence-corrected chi connectivity index (χ0v) is 23.9. The summed E-state index contributed by atoms with van der Waals surface area (Å²) in [6.45, 7) is 1.00. The molecule has 0 atom stereocenters. The first-order valence-electron chi connectivity index (χ1n) is 13.1. The van der Waals surface area contributed by atoms with Crippen LogP contribution < -0.4 is 18.9 Å². The monoisotopic (exact) mass is 603 g/mol. The fraction of sp³-hybridized carbons (Fsp3) is 0.379. The van der Waals surface area contributed by atoms with Gasteiger partial charge in [0, 0.05) is 48.5 Å². The van der Waals surface area contributed by atoms with Gasteiger partial charge in [0.25, 0.3) is 0 Å². The number of aliphatic carboxylic acids is 2. The second-order valence-corrected chi connectivity index (χ2v) is 10.6. The number of halogens is 1. The summed E-state index contributed by atoms with van der Waals surface area (Å²) in [7, 11) is 2.88. The van der Waals surface area contributed by atoms with Gasteiger partial charge < -0.3 is 34.1 Å². The molecule has 0 saturated heterocycles. The topological polar surface area (TPSA) is 149 Å². The first-order chi connectivity index (χ1) is 20.1. The number of benzene rings is 2. The third kappa shape index (κ3) is 7.08. The maximum absolute atomic E-state index is 15.4. The van der Waals surface area contributed by atoms with E-state index in [2.05, 4.69) is 0 Å². The Morgan fingerprint density at radius 2 is 1.45 bits per heavy atom. The second kappa shape index (κ2) is 13.5. The lowest BCUT2D eigenvalue weighted by atomic mass is 10.1. The van der Waals surface area contributed by atoms with Gasteiger partial charge in [-0.15, -0.1) is 11.3 Å². The summed E-state index contributed by atoms with van der Waals surface area (Å²) >= 11 is 1.06. The highest BCUT2D eigenvalue weighted by Crippen LogP contribution is 2.40. The molecule has 13 heteroatoms. The Morgan fingerprint density at radius 3 is 2.10 bits per heavy atom. The van der Waals surface area contributed by atoms with Crippen molar-refractivity contribution >= 4 is 45.1 Å². The Morgan fingerprint density at radius 1 is 0.833 bits per heavy atom. The summed E-state index contributed by atoms with van der Waals surface area (Å²) in [5.41, 5.74) is 1.77. The third-order valence-electron chi connectivity index (χ3n) is 6.65. The first kappa shape index (κ1) is 30.6. The van der Waals surface area contributed by atoms with Crippen molar-refractivity contribution in [3.8, 4) is 23.0 Å². The van der Waals surface area contributed by atoms with E-state index in [9.17, 15) is 19.2 Å². The van der Waals surface area contributed by atoms with E-state index in [4.69, 9.17) is 29.2 Å². The van der Waals surface area contributed by atoms with Gasteiger partial charge in [0.2, 0.25) is 5.91 Å². The number of hydrogen-bond donors (Lipinski definition) is 2. The van der Waals surface area contributed by atoms with E-state index >= 15 is 4.39 Å². The predicted molar refractivity (Wildman–Crippen MR) is 149 cm³/mol. The maximum Gasteiger partial charge on any atom is 0.303 e. The SMILES string of the molecule is COc1cc2c(cc1OCCCOc1c(OC)cc3sc(C(=O)CCC(=O)O)cc3c1F)CN(C(=O)CCC(=O)O)C2. The summed E-state index contributed by atoms with van der Waals surface area (Å²) in [6, 6.07) is 6.56. The number of nitrogens with zero attached hydrogens (tertiary/aromatic N) is 1. The molecule has 3 aromatic rings. The molecular weight excluding hydrogens is 573 g/mol. The van der Waals surface area contributed by atoms with Gasteiger partial charge in [-0.05, 0) is 29.3 Å². The number of hydrogen-bond acceptors (Lipinski definition) is 9. The van der Waals surface area contributed by atoms with Crippen LogP contribution in [0.2, 0.25) is 0 Å². The molecular formula is C29H30FNO10S. The lowest BCUT2D eigenvalue weighted by molar-refractivity contribution is -0.141. The Bertz CT molecular complexity index is 1520. The first-order valence-corrected chi connectivity index (χ1v) is 13.9. The average Bonchev–Trinajstić information content (AvgIpc) is 3.59. The zero-order valence-electron chi connectivity index (χ0n) is 23.1. The van der Waals surface area contributed by atoms with Crippen LogP contribution in [0.5, 0.6) is 23.0 Å². The number of Topliss-reactive ketones (excluding diaryl/α,β-unsaturated/α-hetero) is 1. The van der Waals surface area contributed by atoms with Crippen LogP contribution in [-0.2, 0) is 27.5 Å². The van der Waals surface area contributed by atoms with Crippen molar-refractivity contribution in [2.75, 3.05) is 27.4 Å². The molecule has 11 nitrogen and oxygen atoms in total. The molecule has 1 aromatic heterocycles. The van der Waals surface area contributed by atoms with E-state index in [0.29, 0.717) is 35.7 Å². The Labute approximate surface area is 244 Å². The van der Waals surface area contributed by atoms with Gasteiger partial charge in [-0.3, -0.25) is 19.2 Å². The second-order valence-electron chi connectivity index (χ2n) is 9.53. The van der Waals surface area contributed by atoms with Crippen molar-refractivity contribution in [2.45, 2.75) is 45.2 Å². The van der Waals surface area contributed by atoms with Gasteiger partial charge >= 0.3 is 11.9 Å². The van der Waals surface area contributed by atoms with Crippen molar-refractivity contribution in [3.05, 3.63) is 46.1 Å². The van der Waals surface area contributed by atoms with Crippen LogP contribution in [0.15, 0.2) is 24.3 Å². The standard InChI is InChI=1S/C29H30FNO10S/c1-38-20-10-16-14-31(25(33)5-7-27(36)37)15-17(16)11-21(20)40-8-3-9-41-29-22(39-2)13-23-18(28(29)30)12-24(42-23)19(32)4-6-26(34)35/h10-13H,3-9,14-15H2,1-2H3,(H,34,35)(H,36,37). The molecule has 2 N–H and O–H groups in total. The molecule has 0 saturated carbocycles. The van der Waals surface area contributed by atoms with Gasteiger partial charge in [0.1, 0.15) is 0 Å². The molecule has 2 heterocycles. The van der Waals surface area contributed by atoms with Crippen LogP contribution in [0.3, 0.4) is 0 Å². The molecule has 0 bridgehead atoms. The van der Waals surface area contributed by atoms with Gasteiger partial charge in [0.05, 0.1) is 45.2 Å². The van der Waals surface area contributed by atoms with E-state index in [0.717, 1.165) is 22.5 Å². The number of carbonyl (C=O) groups is 4. The Balaban J connectivity index is 1.36. The average molecular weight is 604 g/mol. The van der Waals surface area contributed by atoms with Crippen LogP contribution in [0.1, 0.15) is 52.9 Å². The molecule has 0 fully saturated rings. The highest BCUT2D eigenvalue weighted by atomic mass is 32.1. The molecule has 4 rings (SSSR count). The molecule has 0 spiro atoms. The number of ketones is 1. The van der Waals surface area contributed by atoms with Crippen LogP contribution in [0, 0.1) is 5.82 Å². The fourth-order valence-corrected chi connectivity index (χ4v) is 5.56. The number of ether oxygens (including phenoxy) is 4. The molecule has 0 unspecified atom stereocenters. The highest BCUT2D eigenvalue weighted by Gasteiger charge is 2.26. The summed E-state index contributed by atoms with van der Waals surface area (Å²) in [4.78, 5) is 48.1. The lowest BCUT2D eigenvalue weighted by Gasteiger charge is -2.14. The molecule has 0 aliphatic carbocycles. The van der Waals surface area contributed by atoms with Crippen LogP contribution >= 0.6 is 11.3 Å². The number of fused-ring (bicyclic) bond motifs is 2. The lowest BCUT2D eigenvalue weighted by Crippen LogP contribution is -2.25. The minimum absolute atomic E-state index is 0.0688. The minimum Gasteiger partial charge on any atom is -0.493 e. The number of thiophene rings is 1. The Kier molecular flexibility index (Phi) is 9.84.